The van der Waals surface area contributed by atoms with Crippen molar-refractivity contribution in [3.8, 4) is 89.8 Å². The van der Waals surface area contributed by atoms with Crippen LogP contribution in [0.4, 0.5) is 0 Å². The van der Waals surface area contributed by atoms with Gasteiger partial charge in [0.2, 0.25) is 0 Å². The second kappa shape index (κ2) is 16.0. The third-order valence-electron chi connectivity index (χ3n) is 15.8. The number of nitrogens with zero attached hydrogens (tertiary/aromatic N) is 3. The lowest BCUT2D eigenvalue weighted by atomic mass is 9.68. The molecule has 16 rings (SSSR count). The van der Waals surface area contributed by atoms with Crippen molar-refractivity contribution in [3.05, 3.63) is 271 Å². The Morgan fingerprint density at radius 3 is 1.32 bits per heavy atom. The highest BCUT2D eigenvalue weighted by atomic mass is 16.3. The summed E-state index contributed by atoms with van der Waals surface area (Å²) in [4.78, 5) is 16.1. The number of hydrogen-bond acceptors (Lipinski definition) is 5. The number of hydrogen-bond donors (Lipinski definition) is 0. The monoisotopic (exact) mass is 955 g/mol. The molecule has 0 N–H and O–H groups in total. The minimum atomic E-state index is -0.439. The van der Waals surface area contributed by atoms with Crippen LogP contribution in [0.2, 0.25) is 0 Å². The third-order valence-corrected chi connectivity index (χ3v) is 15.8. The van der Waals surface area contributed by atoms with Gasteiger partial charge in [-0.05, 0) is 108 Å². The number of para-hydroxylation sites is 1. The van der Waals surface area contributed by atoms with Crippen LogP contribution in [-0.2, 0) is 5.41 Å². The number of furan rings is 2. The average molecular weight is 956 g/mol. The normalized spacial score (nSPS) is 12.9. The van der Waals surface area contributed by atoms with Gasteiger partial charge in [-0.25, -0.2) is 15.0 Å². The van der Waals surface area contributed by atoms with Gasteiger partial charge in [0.1, 0.15) is 22.3 Å². The first-order valence-corrected chi connectivity index (χ1v) is 25.5. The smallest absolute Gasteiger partial charge is 0.164 e. The zero-order valence-electron chi connectivity index (χ0n) is 40.3. The molecular weight excluding hydrogens is 915 g/mol. The molecule has 0 bridgehead atoms. The fourth-order valence-electron chi connectivity index (χ4n) is 12.7. The Morgan fingerprint density at radius 2 is 0.667 bits per heavy atom. The molecule has 0 atom stereocenters. The largest absolute Gasteiger partial charge is 0.456 e. The summed E-state index contributed by atoms with van der Waals surface area (Å²) >= 11 is 0. The molecule has 3 heterocycles. The molecule has 0 radical (unpaired) electrons. The zero-order chi connectivity index (χ0) is 49.2. The van der Waals surface area contributed by atoms with Gasteiger partial charge in [0.25, 0.3) is 0 Å². The Hall–Kier alpha value is -9.97. The van der Waals surface area contributed by atoms with Crippen molar-refractivity contribution in [3.63, 3.8) is 0 Å². The molecule has 0 unspecified atom stereocenters. The SMILES string of the molecule is c1ccc(-c2ccccc2-c2nc(-c3cccc4oc5ccccc5c34)nc(-c3cccc4oc5ccc(-c6ccc(-c7cccc8c7C7(c9ccccc9-c9ccccc97)c7ccccc7-8)cc6)cc5c34)n2)cc1. The third kappa shape index (κ3) is 6.04. The minimum Gasteiger partial charge on any atom is -0.456 e. The number of aromatic nitrogens is 3. The van der Waals surface area contributed by atoms with Crippen molar-refractivity contribution in [2.45, 2.75) is 5.41 Å². The highest BCUT2D eigenvalue weighted by Crippen LogP contribution is 2.64. The van der Waals surface area contributed by atoms with E-state index in [4.69, 9.17) is 23.8 Å². The maximum Gasteiger partial charge on any atom is 0.164 e. The van der Waals surface area contributed by atoms with Crippen LogP contribution >= 0.6 is 0 Å². The summed E-state index contributed by atoms with van der Waals surface area (Å²) in [5, 5.41) is 3.90. The highest BCUT2D eigenvalue weighted by Gasteiger charge is 2.52. The van der Waals surface area contributed by atoms with Crippen molar-refractivity contribution in [1.82, 2.24) is 15.0 Å². The van der Waals surface area contributed by atoms with Crippen molar-refractivity contribution in [1.29, 1.82) is 0 Å². The molecule has 11 aromatic carbocycles. The summed E-state index contributed by atoms with van der Waals surface area (Å²) in [6.45, 7) is 0. The first-order valence-electron chi connectivity index (χ1n) is 25.5. The van der Waals surface area contributed by atoms with E-state index >= 15 is 0 Å². The molecule has 0 saturated carbocycles. The van der Waals surface area contributed by atoms with Crippen LogP contribution in [0.15, 0.2) is 258 Å². The molecule has 3 aromatic heterocycles. The van der Waals surface area contributed by atoms with Crippen LogP contribution in [0.5, 0.6) is 0 Å². The lowest BCUT2D eigenvalue weighted by Gasteiger charge is -2.32. The van der Waals surface area contributed by atoms with E-state index < -0.39 is 5.41 Å². The van der Waals surface area contributed by atoms with Gasteiger partial charge in [-0.3, -0.25) is 0 Å². The zero-order valence-corrected chi connectivity index (χ0v) is 40.3. The molecule has 2 aliphatic carbocycles. The lowest BCUT2D eigenvalue weighted by molar-refractivity contribution is 0.668. The van der Waals surface area contributed by atoms with Gasteiger partial charge in [0.15, 0.2) is 17.5 Å². The van der Waals surface area contributed by atoms with E-state index in [0.717, 1.165) is 82.8 Å². The Morgan fingerprint density at radius 1 is 0.253 bits per heavy atom. The van der Waals surface area contributed by atoms with Crippen molar-refractivity contribution in [2.75, 3.05) is 0 Å². The Balaban J connectivity index is 0.849. The first kappa shape index (κ1) is 41.6. The van der Waals surface area contributed by atoms with Crippen LogP contribution in [0.25, 0.3) is 134 Å². The predicted octanol–water partition coefficient (Wildman–Crippen LogP) is 18.0. The van der Waals surface area contributed by atoms with E-state index in [1.165, 1.54) is 55.6 Å². The molecule has 14 aromatic rings. The summed E-state index contributed by atoms with van der Waals surface area (Å²) in [6, 6.07) is 88.6. The van der Waals surface area contributed by atoms with Crippen LogP contribution in [0.3, 0.4) is 0 Å². The van der Waals surface area contributed by atoms with Gasteiger partial charge in [-0.1, -0.05) is 218 Å². The number of benzene rings is 11. The maximum absolute atomic E-state index is 6.67. The molecule has 1 spiro atoms. The number of fused-ring (bicyclic) bond motifs is 16. The van der Waals surface area contributed by atoms with Crippen molar-refractivity contribution < 1.29 is 8.83 Å². The average Bonchev–Trinajstić information content (AvgIpc) is 4.23. The van der Waals surface area contributed by atoms with Gasteiger partial charge in [-0.15, -0.1) is 0 Å². The quantitative estimate of drug-likeness (QED) is 0.166. The topological polar surface area (TPSA) is 65.0 Å². The van der Waals surface area contributed by atoms with Gasteiger partial charge in [0.05, 0.1) is 5.41 Å². The molecule has 0 fully saturated rings. The van der Waals surface area contributed by atoms with Gasteiger partial charge >= 0.3 is 0 Å². The Kier molecular flexibility index (Phi) is 8.89. The van der Waals surface area contributed by atoms with Gasteiger partial charge < -0.3 is 8.83 Å². The van der Waals surface area contributed by atoms with E-state index in [9.17, 15) is 0 Å². The standard InChI is InChI=1S/C70H41N3O2/c1-2-17-43(18-3-1)46-19-4-5-23-52(46)67-71-68(54-27-15-33-62-64(54)53-24-9-13-32-60(53)74-62)73-69(72-67)55-28-16-34-63-65(55)56-41-45(39-40-61(56)75-63)42-35-37-44(38-36-42)47-25-14-26-51-50-22-8-12-31-59(50)70(66(47)51)57-29-10-6-20-48(57)49-21-7-11-30-58(49)70/h1-41H. The fourth-order valence-corrected chi connectivity index (χ4v) is 12.7. The van der Waals surface area contributed by atoms with E-state index in [0.29, 0.717) is 17.5 Å². The number of rotatable bonds is 6. The summed E-state index contributed by atoms with van der Waals surface area (Å²) in [7, 11) is 0. The summed E-state index contributed by atoms with van der Waals surface area (Å²) in [6.07, 6.45) is 0. The van der Waals surface area contributed by atoms with Crippen LogP contribution < -0.4 is 0 Å². The molecule has 0 aliphatic heterocycles. The fraction of sp³-hybridized carbons (Fsp3) is 0.0143. The summed E-state index contributed by atoms with van der Waals surface area (Å²) < 4.78 is 13.0. The van der Waals surface area contributed by atoms with E-state index in [-0.39, 0.29) is 0 Å². The van der Waals surface area contributed by atoms with E-state index in [2.05, 4.69) is 194 Å². The van der Waals surface area contributed by atoms with Crippen molar-refractivity contribution >= 4 is 43.9 Å². The van der Waals surface area contributed by atoms with Crippen LogP contribution in [0.1, 0.15) is 22.3 Å². The van der Waals surface area contributed by atoms with E-state index in [1.54, 1.807) is 0 Å². The van der Waals surface area contributed by atoms with Crippen LogP contribution in [0, 0.1) is 0 Å². The maximum atomic E-state index is 6.67. The van der Waals surface area contributed by atoms with Gasteiger partial charge in [0, 0.05) is 38.2 Å². The second-order valence-electron chi connectivity index (χ2n) is 19.7. The summed E-state index contributed by atoms with van der Waals surface area (Å²) in [5.74, 6) is 1.68. The Bertz CT molecular complexity index is 4600. The molecule has 348 valence electrons. The molecule has 5 heteroatoms. The Labute approximate surface area is 431 Å². The predicted molar refractivity (Wildman–Crippen MR) is 303 cm³/mol. The second-order valence-corrected chi connectivity index (χ2v) is 19.7. The molecule has 75 heavy (non-hydrogen) atoms. The van der Waals surface area contributed by atoms with Crippen molar-refractivity contribution in [2.24, 2.45) is 0 Å². The molecule has 0 saturated heterocycles. The minimum absolute atomic E-state index is 0.439. The van der Waals surface area contributed by atoms with Crippen LogP contribution in [-0.4, -0.2) is 15.0 Å². The molecule has 5 nitrogen and oxygen atoms in total. The van der Waals surface area contributed by atoms with Gasteiger partial charge in [-0.2, -0.15) is 0 Å². The van der Waals surface area contributed by atoms with E-state index in [1.807, 2.05) is 54.6 Å². The molecular formula is C70H41N3O2. The lowest BCUT2D eigenvalue weighted by Crippen LogP contribution is -2.26. The first-order chi connectivity index (χ1) is 37.2. The summed E-state index contributed by atoms with van der Waals surface area (Å²) in [5.41, 5.74) is 22.6. The molecule has 0 amide bonds. The molecule has 2 aliphatic rings. The highest BCUT2D eigenvalue weighted by molar-refractivity contribution is 6.14.